The van der Waals surface area contributed by atoms with Crippen LogP contribution in [0.5, 0.6) is 0 Å². The maximum atomic E-state index is 14.6. The van der Waals surface area contributed by atoms with Crippen LogP contribution in [0.3, 0.4) is 0 Å². The number of ether oxygens (including phenoxy) is 1. The lowest BCUT2D eigenvalue weighted by molar-refractivity contribution is 0.0174. The van der Waals surface area contributed by atoms with Crippen molar-refractivity contribution in [3.63, 3.8) is 0 Å². The van der Waals surface area contributed by atoms with E-state index in [0.29, 0.717) is 19.8 Å². The highest BCUT2D eigenvalue weighted by Gasteiger charge is 2.30. The van der Waals surface area contributed by atoms with Crippen LogP contribution in [0.4, 0.5) is 24.8 Å². The van der Waals surface area contributed by atoms with Crippen LogP contribution in [-0.2, 0) is 10.7 Å². The van der Waals surface area contributed by atoms with E-state index < -0.39 is 11.7 Å². The van der Waals surface area contributed by atoms with E-state index in [2.05, 4.69) is 15.3 Å². The van der Waals surface area contributed by atoms with Crippen molar-refractivity contribution in [1.29, 1.82) is 0 Å². The van der Waals surface area contributed by atoms with E-state index in [-0.39, 0.29) is 23.2 Å². The maximum Gasteiger partial charge on any atom is 0.270 e. The van der Waals surface area contributed by atoms with Gasteiger partial charge in [0.1, 0.15) is 6.33 Å². The third kappa shape index (κ3) is 3.53. The largest absolute Gasteiger partial charge is 0.377 e. The zero-order valence-corrected chi connectivity index (χ0v) is 14.0. The van der Waals surface area contributed by atoms with Gasteiger partial charge >= 0.3 is 0 Å². The van der Waals surface area contributed by atoms with E-state index in [9.17, 15) is 13.2 Å². The quantitative estimate of drug-likeness (QED) is 0.915. The highest BCUT2D eigenvalue weighted by atomic mass is 19.3. The standard InChI is InChI=1S/C17H19F3N4O/c1-17(19,20)12-5-3-11(4-6-12)13-9-25-8-7-24(13)16-14(18)15(21-2)22-10-23-16/h3-6,10,13H,7-9H2,1-2H3,(H,21,22,23)/t13-/m1/s1. The molecular weight excluding hydrogens is 333 g/mol. The number of nitrogens with zero attached hydrogens (tertiary/aromatic N) is 3. The molecule has 2 heterocycles. The number of halogens is 3. The molecule has 3 rings (SSSR count). The molecule has 1 aromatic carbocycles. The molecule has 0 unspecified atom stereocenters. The smallest absolute Gasteiger partial charge is 0.270 e. The van der Waals surface area contributed by atoms with Crippen LogP contribution in [0, 0.1) is 5.82 Å². The molecule has 25 heavy (non-hydrogen) atoms. The summed E-state index contributed by atoms with van der Waals surface area (Å²) < 4.78 is 46.9. The number of anilines is 2. The third-order valence-electron chi connectivity index (χ3n) is 4.21. The Bertz CT molecular complexity index is 734. The first-order valence-corrected chi connectivity index (χ1v) is 7.92. The van der Waals surface area contributed by atoms with Gasteiger partial charge in [-0.1, -0.05) is 24.3 Å². The van der Waals surface area contributed by atoms with Crippen molar-refractivity contribution in [2.45, 2.75) is 18.9 Å². The average molecular weight is 352 g/mol. The summed E-state index contributed by atoms with van der Waals surface area (Å²) in [6.07, 6.45) is 1.29. The fourth-order valence-corrected chi connectivity index (χ4v) is 2.87. The molecule has 0 spiro atoms. The third-order valence-corrected chi connectivity index (χ3v) is 4.21. The molecule has 134 valence electrons. The minimum absolute atomic E-state index is 0.0646. The summed E-state index contributed by atoms with van der Waals surface area (Å²) in [5, 5.41) is 2.69. The van der Waals surface area contributed by atoms with Gasteiger partial charge in [0.15, 0.2) is 11.6 Å². The number of alkyl halides is 2. The molecule has 0 saturated carbocycles. The second-order valence-corrected chi connectivity index (χ2v) is 5.90. The molecule has 8 heteroatoms. The molecule has 1 aliphatic heterocycles. The predicted molar refractivity (Wildman–Crippen MR) is 88.5 cm³/mol. The van der Waals surface area contributed by atoms with Crippen LogP contribution in [-0.4, -0.2) is 36.8 Å². The Morgan fingerprint density at radius 3 is 2.60 bits per heavy atom. The first-order valence-electron chi connectivity index (χ1n) is 7.92. The van der Waals surface area contributed by atoms with E-state index in [4.69, 9.17) is 4.74 Å². The maximum absolute atomic E-state index is 14.6. The van der Waals surface area contributed by atoms with Gasteiger partial charge in [-0.25, -0.2) is 18.7 Å². The highest BCUT2D eigenvalue weighted by molar-refractivity contribution is 5.52. The number of aromatic nitrogens is 2. The van der Waals surface area contributed by atoms with Crippen molar-refractivity contribution in [3.8, 4) is 0 Å². The molecule has 1 atom stereocenters. The highest BCUT2D eigenvalue weighted by Crippen LogP contribution is 2.33. The number of benzene rings is 1. The van der Waals surface area contributed by atoms with Gasteiger partial charge in [-0.2, -0.15) is 4.39 Å². The number of hydrogen-bond donors (Lipinski definition) is 1. The zero-order valence-electron chi connectivity index (χ0n) is 14.0. The summed E-state index contributed by atoms with van der Waals surface area (Å²) in [4.78, 5) is 9.70. The lowest BCUT2D eigenvalue weighted by atomic mass is 10.0. The summed E-state index contributed by atoms with van der Waals surface area (Å²) in [6.45, 7) is 2.04. The van der Waals surface area contributed by atoms with Crippen molar-refractivity contribution < 1.29 is 17.9 Å². The molecule has 1 aliphatic rings. The number of morpholine rings is 1. The summed E-state index contributed by atoms with van der Waals surface area (Å²) in [6, 6.07) is 5.70. The molecule has 0 bridgehead atoms. The Balaban J connectivity index is 1.94. The van der Waals surface area contributed by atoms with Gasteiger partial charge in [0.05, 0.1) is 19.3 Å². The summed E-state index contributed by atoms with van der Waals surface area (Å²) in [7, 11) is 1.58. The van der Waals surface area contributed by atoms with Gasteiger partial charge in [-0.3, -0.25) is 0 Å². The fraction of sp³-hybridized carbons (Fsp3) is 0.412. The molecule has 1 N–H and O–H groups in total. The van der Waals surface area contributed by atoms with E-state index >= 15 is 0 Å². The molecule has 2 aromatic rings. The van der Waals surface area contributed by atoms with Gasteiger partial charge in [0.2, 0.25) is 5.82 Å². The summed E-state index contributed by atoms with van der Waals surface area (Å²) >= 11 is 0. The molecule has 1 fully saturated rings. The van der Waals surface area contributed by atoms with Crippen LogP contribution in [0.1, 0.15) is 24.1 Å². The van der Waals surface area contributed by atoms with Gasteiger partial charge in [-0.05, 0) is 5.56 Å². The van der Waals surface area contributed by atoms with Crippen molar-refractivity contribution in [2.75, 3.05) is 37.0 Å². The summed E-state index contributed by atoms with van der Waals surface area (Å²) in [5.74, 6) is -3.18. The molecule has 1 saturated heterocycles. The number of nitrogens with one attached hydrogen (secondary N) is 1. The second kappa shape index (κ2) is 6.87. The molecule has 1 aromatic heterocycles. The average Bonchev–Trinajstić information content (AvgIpc) is 2.61. The van der Waals surface area contributed by atoms with E-state index in [1.165, 1.54) is 18.5 Å². The van der Waals surface area contributed by atoms with Crippen molar-refractivity contribution in [1.82, 2.24) is 9.97 Å². The first kappa shape index (κ1) is 17.5. The lowest BCUT2D eigenvalue weighted by Crippen LogP contribution is -2.40. The molecule has 0 radical (unpaired) electrons. The molecule has 5 nitrogen and oxygen atoms in total. The monoisotopic (exact) mass is 352 g/mol. The van der Waals surface area contributed by atoms with Gasteiger partial charge in [-0.15, -0.1) is 0 Å². The number of rotatable bonds is 4. The second-order valence-electron chi connectivity index (χ2n) is 5.90. The first-order chi connectivity index (χ1) is 11.9. The molecular formula is C17H19F3N4O. The van der Waals surface area contributed by atoms with Crippen LogP contribution >= 0.6 is 0 Å². The Hall–Kier alpha value is -2.35. The van der Waals surface area contributed by atoms with Crippen molar-refractivity contribution >= 4 is 11.6 Å². The van der Waals surface area contributed by atoms with Crippen LogP contribution < -0.4 is 10.2 Å². The normalized spacial score (nSPS) is 18.3. The Morgan fingerprint density at radius 2 is 1.96 bits per heavy atom. The van der Waals surface area contributed by atoms with E-state index in [1.54, 1.807) is 24.1 Å². The zero-order chi connectivity index (χ0) is 18.0. The number of hydrogen-bond acceptors (Lipinski definition) is 5. The SMILES string of the molecule is CNc1ncnc(N2CCOC[C@@H]2c2ccc(C(C)(F)F)cc2)c1F. The van der Waals surface area contributed by atoms with E-state index in [1.807, 2.05) is 0 Å². The van der Waals surface area contributed by atoms with Crippen molar-refractivity contribution in [2.24, 2.45) is 0 Å². The van der Waals surface area contributed by atoms with Gasteiger partial charge in [0.25, 0.3) is 5.92 Å². The van der Waals surface area contributed by atoms with Crippen LogP contribution in [0.2, 0.25) is 0 Å². The minimum Gasteiger partial charge on any atom is -0.377 e. The van der Waals surface area contributed by atoms with Crippen molar-refractivity contribution in [3.05, 3.63) is 47.5 Å². The van der Waals surface area contributed by atoms with Gasteiger partial charge < -0.3 is 15.0 Å². The molecule has 0 amide bonds. The molecule has 0 aliphatic carbocycles. The van der Waals surface area contributed by atoms with Gasteiger partial charge in [0, 0.05) is 26.1 Å². The topological polar surface area (TPSA) is 50.3 Å². The van der Waals surface area contributed by atoms with E-state index in [0.717, 1.165) is 12.5 Å². The van der Waals surface area contributed by atoms with Crippen LogP contribution in [0.15, 0.2) is 30.6 Å². The minimum atomic E-state index is -2.90. The Kier molecular flexibility index (Phi) is 4.80. The Morgan fingerprint density at radius 1 is 1.24 bits per heavy atom. The fourth-order valence-electron chi connectivity index (χ4n) is 2.87. The summed E-state index contributed by atoms with van der Waals surface area (Å²) in [5.41, 5.74) is 0.696. The Labute approximate surface area is 143 Å². The lowest BCUT2D eigenvalue weighted by Gasteiger charge is -2.37. The van der Waals surface area contributed by atoms with Crippen LogP contribution in [0.25, 0.3) is 0 Å². The predicted octanol–water partition coefficient (Wildman–Crippen LogP) is 3.35.